The molecule has 0 atom stereocenters. The molecule has 4 nitrogen and oxygen atoms in total. The lowest BCUT2D eigenvalue weighted by molar-refractivity contribution is -0.147. The quantitative estimate of drug-likeness (QED) is 0.527. The van der Waals surface area contributed by atoms with E-state index in [4.69, 9.17) is 4.74 Å². The maximum Gasteiger partial charge on any atom is 0.308 e. The predicted molar refractivity (Wildman–Crippen MR) is 109 cm³/mol. The Morgan fingerprint density at radius 3 is 2.60 bits per heavy atom. The molecule has 5 heteroatoms. The van der Waals surface area contributed by atoms with Crippen molar-refractivity contribution in [3.63, 3.8) is 0 Å². The summed E-state index contributed by atoms with van der Waals surface area (Å²) in [6.45, 7) is 7.45. The zero-order valence-electron chi connectivity index (χ0n) is 15.3. The molecule has 0 spiro atoms. The molecule has 2 aliphatic rings. The fourth-order valence-corrected chi connectivity index (χ4v) is 4.74. The Bertz CT molecular complexity index is 608. The van der Waals surface area contributed by atoms with Crippen molar-refractivity contribution in [3.05, 3.63) is 32.4 Å². The van der Waals surface area contributed by atoms with E-state index in [2.05, 4.69) is 51.9 Å². The lowest BCUT2D eigenvalue weighted by atomic mass is 9.89. The van der Waals surface area contributed by atoms with Crippen LogP contribution in [0.25, 0.3) is 0 Å². The van der Waals surface area contributed by atoms with Crippen LogP contribution in [0.3, 0.4) is 0 Å². The van der Waals surface area contributed by atoms with Crippen molar-refractivity contribution in [2.24, 2.45) is 5.92 Å². The SMILES string of the molecule is CCCc1cc(C2CNC2)cc(I)c1CN1CCC(C(=O)OC)CC1. The number of likely N-dealkylation sites (tertiary alicyclic amines) is 1. The van der Waals surface area contributed by atoms with Crippen molar-refractivity contribution in [1.29, 1.82) is 0 Å². The molecule has 0 amide bonds. The van der Waals surface area contributed by atoms with E-state index in [-0.39, 0.29) is 11.9 Å². The number of piperidine rings is 1. The molecular formula is C20H29IN2O2. The van der Waals surface area contributed by atoms with E-state index in [1.807, 2.05) is 0 Å². The van der Waals surface area contributed by atoms with Crippen molar-refractivity contribution in [1.82, 2.24) is 10.2 Å². The van der Waals surface area contributed by atoms with Crippen molar-refractivity contribution in [2.75, 3.05) is 33.3 Å². The van der Waals surface area contributed by atoms with Gasteiger partial charge in [0.25, 0.3) is 0 Å². The molecule has 0 aliphatic carbocycles. The van der Waals surface area contributed by atoms with Gasteiger partial charge < -0.3 is 10.1 Å². The van der Waals surface area contributed by atoms with Gasteiger partial charge >= 0.3 is 5.97 Å². The smallest absolute Gasteiger partial charge is 0.308 e. The number of hydrogen-bond donors (Lipinski definition) is 1. The van der Waals surface area contributed by atoms with Gasteiger partial charge in [-0.1, -0.05) is 19.4 Å². The van der Waals surface area contributed by atoms with Crippen LogP contribution in [-0.4, -0.2) is 44.2 Å². The van der Waals surface area contributed by atoms with Crippen molar-refractivity contribution in [2.45, 2.75) is 45.1 Å². The van der Waals surface area contributed by atoms with E-state index in [9.17, 15) is 4.79 Å². The Labute approximate surface area is 164 Å². The summed E-state index contributed by atoms with van der Waals surface area (Å²) in [5.74, 6) is 0.734. The monoisotopic (exact) mass is 456 g/mol. The van der Waals surface area contributed by atoms with Crippen LogP contribution in [0.5, 0.6) is 0 Å². The van der Waals surface area contributed by atoms with Crippen LogP contribution in [0.15, 0.2) is 12.1 Å². The number of carbonyl (C=O) groups excluding carboxylic acids is 1. The number of ether oxygens (including phenoxy) is 1. The Hall–Kier alpha value is -0.660. The zero-order chi connectivity index (χ0) is 17.8. The number of carbonyl (C=O) groups is 1. The number of nitrogens with one attached hydrogen (secondary N) is 1. The summed E-state index contributed by atoms with van der Waals surface area (Å²) in [6, 6.07) is 4.84. The van der Waals surface area contributed by atoms with E-state index in [0.717, 1.165) is 52.0 Å². The summed E-state index contributed by atoms with van der Waals surface area (Å²) in [5, 5.41) is 3.38. The molecule has 2 aliphatic heterocycles. The average Bonchev–Trinajstić information content (AvgIpc) is 2.56. The molecule has 0 bridgehead atoms. The van der Waals surface area contributed by atoms with Gasteiger partial charge in [-0.15, -0.1) is 0 Å². The minimum Gasteiger partial charge on any atom is -0.469 e. The van der Waals surface area contributed by atoms with Crippen molar-refractivity contribution >= 4 is 28.6 Å². The molecule has 2 saturated heterocycles. The number of esters is 1. The third kappa shape index (κ3) is 4.55. The minimum atomic E-state index is -0.0423. The van der Waals surface area contributed by atoms with Crippen LogP contribution in [0.1, 0.15) is 48.8 Å². The first-order valence-corrected chi connectivity index (χ1v) is 10.5. The standard InChI is InChI=1S/C20H29IN2O2/c1-3-4-15-9-16(17-11-22-12-17)10-19(21)18(15)13-23-7-5-14(6-8-23)20(24)25-2/h9-10,14,17,22H,3-8,11-13H2,1-2H3. The first-order chi connectivity index (χ1) is 12.1. The predicted octanol–water partition coefficient (Wildman–Crippen LogP) is 3.32. The van der Waals surface area contributed by atoms with Gasteiger partial charge in [-0.25, -0.2) is 0 Å². The highest BCUT2D eigenvalue weighted by Gasteiger charge is 2.27. The molecule has 0 aromatic heterocycles. The highest BCUT2D eigenvalue weighted by Crippen LogP contribution is 2.29. The molecule has 138 valence electrons. The number of methoxy groups -OCH3 is 1. The third-order valence-electron chi connectivity index (χ3n) is 5.59. The zero-order valence-corrected chi connectivity index (χ0v) is 17.5. The molecule has 0 radical (unpaired) electrons. The average molecular weight is 456 g/mol. The third-order valence-corrected chi connectivity index (χ3v) is 6.55. The van der Waals surface area contributed by atoms with Crippen LogP contribution < -0.4 is 5.32 Å². The fraction of sp³-hybridized carbons (Fsp3) is 0.650. The molecule has 3 rings (SSSR count). The fourth-order valence-electron chi connectivity index (χ4n) is 3.86. The Balaban J connectivity index is 1.70. The van der Waals surface area contributed by atoms with E-state index < -0.39 is 0 Å². The summed E-state index contributed by atoms with van der Waals surface area (Å²) in [7, 11) is 1.49. The normalized spacial score (nSPS) is 19.6. The number of aryl methyl sites for hydroxylation is 1. The van der Waals surface area contributed by atoms with Gasteiger partial charge in [0, 0.05) is 29.1 Å². The molecule has 2 heterocycles. The van der Waals surface area contributed by atoms with Crippen LogP contribution >= 0.6 is 22.6 Å². The molecule has 1 N–H and O–H groups in total. The minimum absolute atomic E-state index is 0.0423. The van der Waals surface area contributed by atoms with E-state index in [1.54, 1.807) is 0 Å². The van der Waals surface area contributed by atoms with Crippen LogP contribution in [0, 0.1) is 9.49 Å². The van der Waals surface area contributed by atoms with E-state index in [0.29, 0.717) is 5.92 Å². The van der Waals surface area contributed by atoms with E-state index in [1.165, 1.54) is 33.8 Å². The summed E-state index contributed by atoms with van der Waals surface area (Å²) < 4.78 is 6.30. The lowest BCUT2D eigenvalue weighted by Crippen LogP contribution is -2.40. The number of rotatable bonds is 6. The second-order valence-corrected chi connectivity index (χ2v) is 8.48. The van der Waals surface area contributed by atoms with Gasteiger partial charge in [-0.05, 0) is 77.7 Å². The van der Waals surface area contributed by atoms with Gasteiger partial charge in [0.2, 0.25) is 0 Å². The number of benzene rings is 1. The molecule has 25 heavy (non-hydrogen) atoms. The molecule has 1 aromatic rings. The summed E-state index contributed by atoms with van der Waals surface area (Å²) in [6.07, 6.45) is 4.16. The number of hydrogen-bond acceptors (Lipinski definition) is 4. The lowest BCUT2D eigenvalue weighted by Gasteiger charge is -2.32. The number of nitrogens with zero attached hydrogens (tertiary/aromatic N) is 1. The second-order valence-electron chi connectivity index (χ2n) is 7.32. The summed E-state index contributed by atoms with van der Waals surface area (Å²) >= 11 is 2.52. The van der Waals surface area contributed by atoms with E-state index >= 15 is 0 Å². The first kappa shape index (κ1) is 19.1. The largest absolute Gasteiger partial charge is 0.469 e. The summed E-state index contributed by atoms with van der Waals surface area (Å²) in [4.78, 5) is 14.2. The number of halogens is 1. The Morgan fingerprint density at radius 2 is 2.04 bits per heavy atom. The van der Waals surface area contributed by atoms with Gasteiger partial charge in [-0.2, -0.15) is 0 Å². The molecule has 0 unspecified atom stereocenters. The maximum atomic E-state index is 11.7. The van der Waals surface area contributed by atoms with Gasteiger partial charge in [0.05, 0.1) is 13.0 Å². The maximum absolute atomic E-state index is 11.7. The topological polar surface area (TPSA) is 41.6 Å². The van der Waals surface area contributed by atoms with Gasteiger partial charge in [0.1, 0.15) is 0 Å². The van der Waals surface area contributed by atoms with Crippen molar-refractivity contribution < 1.29 is 9.53 Å². The molecular weight excluding hydrogens is 427 g/mol. The Morgan fingerprint density at radius 1 is 1.32 bits per heavy atom. The van der Waals surface area contributed by atoms with Crippen LogP contribution in [-0.2, 0) is 22.5 Å². The van der Waals surface area contributed by atoms with Gasteiger partial charge in [0.15, 0.2) is 0 Å². The first-order valence-electron chi connectivity index (χ1n) is 9.44. The molecule has 0 saturated carbocycles. The summed E-state index contributed by atoms with van der Waals surface area (Å²) in [5.41, 5.74) is 4.51. The molecule has 2 fully saturated rings. The second kappa shape index (κ2) is 8.82. The van der Waals surface area contributed by atoms with Crippen LogP contribution in [0.4, 0.5) is 0 Å². The van der Waals surface area contributed by atoms with Crippen molar-refractivity contribution in [3.8, 4) is 0 Å². The highest BCUT2D eigenvalue weighted by molar-refractivity contribution is 14.1. The highest BCUT2D eigenvalue weighted by atomic mass is 127. The molecule has 1 aromatic carbocycles. The van der Waals surface area contributed by atoms with Crippen LogP contribution in [0.2, 0.25) is 0 Å². The van der Waals surface area contributed by atoms with Gasteiger partial charge in [-0.3, -0.25) is 9.69 Å². The Kier molecular flexibility index (Phi) is 6.74.